The lowest BCUT2D eigenvalue weighted by molar-refractivity contribution is 0.338. The van der Waals surface area contributed by atoms with Crippen molar-refractivity contribution in [3.05, 3.63) is 27.7 Å². The number of sulfonamides is 1. The van der Waals surface area contributed by atoms with E-state index < -0.39 is 10.0 Å². The summed E-state index contributed by atoms with van der Waals surface area (Å²) in [4.78, 5) is 0.0483. The van der Waals surface area contributed by atoms with Gasteiger partial charge in [0.2, 0.25) is 10.0 Å². The molecule has 1 aromatic carbocycles. The molecule has 0 radical (unpaired) electrons. The highest BCUT2D eigenvalue weighted by Crippen LogP contribution is 2.33. The number of nitrogens with zero attached hydrogens (tertiary/aromatic N) is 1. The van der Waals surface area contributed by atoms with Gasteiger partial charge in [-0.05, 0) is 31.4 Å². The molecule has 0 fully saturated rings. The van der Waals surface area contributed by atoms with Gasteiger partial charge < -0.3 is 5.73 Å². The van der Waals surface area contributed by atoms with Crippen LogP contribution in [0, 0.1) is 5.92 Å². The number of hydrogen-bond donors (Lipinski definition) is 1. The van der Waals surface area contributed by atoms with E-state index >= 15 is 0 Å². The third kappa shape index (κ3) is 4.11. The fourth-order valence-electron chi connectivity index (χ4n) is 2.19. The highest BCUT2D eigenvalue weighted by atomic mass is 35.5. The maximum absolute atomic E-state index is 12.7. The highest BCUT2D eigenvalue weighted by Gasteiger charge is 2.29. The summed E-state index contributed by atoms with van der Waals surface area (Å²) in [5.41, 5.74) is 6.04. The third-order valence-electron chi connectivity index (χ3n) is 3.45. The summed E-state index contributed by atoms with van der Waals surface area (Å²) in [5.74, 6) is 0.401. The monoisotopic (exact) mass is 352 g/mol. The van der Waals surface area contributed by atoms with Gasteiger partial charge in [-0.1, -0.05) is 37.0 Å². The van der Waals surface area contributed by atoms with E-state index in [1.807, 2.05) is 6.92 Å². The molecule has 1 unspecified atom stereocenters. The molecule has 0 bridgehead atoms. The molecular weight excluding hydrogens is 331 g/mol. The average Bonchev–Trinajstić information content (AvgIpc) is 2.37. The van der Waals surface area contributed by atoms with Crippen molar-refractivity contribution < 1.29 is 8.42 Å². The minimum atomic E-state index is -3.68. The summed E-state index contributed by atoms with van der Waals surface area (Å²) < 4.78 is 26.8. The van der Waals surface area contributed by atoms with Crippen LogP contribution in [0.25, 0.3) is 0 Å². The van der Waals surface area contributed by atoms with E-state index in [4.69, 9.17) is 28.9 Å². The number of halogens is 2. The molecule has 1 aromatic rings. The molecule has 0 spiro atoms. The molecule has 0 amide bonds. The molecule has 0 aromatic heterocycles. The lowest BCUT2D eigenvalue weighted by Crippen LogP contribution is -2.36. The first-order valence-corrected chi connectivity index (χ1v) is 8.97. The molecule has 0 heterocycles. The minimum Gasteiger partial charge on any atom is -0.326 e. The highest BCUT2D eigenvalue weighted by molar-refractivity contribution is 7.89. The zero-order valence-electron chi connectivity index (χ0n) is 12.7. The number of benzene rings is 1. The second-order valence-electron chi connectivity index (χ2n) is 5.54. The zero-order valence-corrected chi connectivity index (χ0v) is 15.1. The van der Waals surface area contributed by atoms with Gasteiger partial charge in [0, 0.05) is 30.2 Å². The van der Waals surface area contributed by atoms with E-state index in [0.717, 1.165) is 6.42 Å². The van der Waals surface area contributed by atoms with Crippen molar-refractivity contribution in [2.45, 2.75) is 44.7 Å². The largest absolute Gasteiger partial charge is 0.326 e. The van der Waals surface area contributed by atoms with Gasteiger partial charge in [-0.25, -0.2) is 8.42 Å². The Morgan fingerprint density at radius 3 is 2.29 bits per heavy atom. The smallest absolute Gasteiger partial charge is 0.244 e. The number of nitrogens with two attached hydrogens (primary N) is 1. The molecule has 21 heavy (non-hydrogen) atoms. The maximum Gasteiger partial charge on any atom is 0.244 e. The van der Waals surface area contributed by atoms with E-state index in [1.54, 1.807) is 7.05 Å². The van der Waals surface area contributed by atoms with Crippen LogP contribution in [0.3, 0.4) is 0 Å². The Kier molecular flexibility index (Phi) is 6.50. The fraction of sp³-hybridized carbons (Fsp3) is 0.571. The van der Waals surface area contributed by atoms with Gasteiger partial charge in [0.25, 0.3) is 0 Å². The molecule has 1 rings (SSSR count). The summed E-state index contributed by atoms with van der Waals surface area (Å²) in [6, 6.07) is 2.82. The quantitative estimate of drug-likeness (QED) is 0.851. The van der Waals surface area contributed by atoms with Gasteiger partial charge in [-0.2, -0.15) is 4.31 Å². The molecule has 0 aliphatic heterocycles. The summed E-state index contributed by atoms with van der Waals surface area (Å²) in [5, 5.41) is 0.480. The predicted octanol–water partition coefficient (Wildman–Crippen LogP) is 3.51. The van der Waals surface area contributed by atoms with Gasteiger partial charge in [0.1, 0.15) is 4.90 Å². The molecule has 7 heteroatoms. The van der Waals surface area contributed by atoms with Crippen molar-refractivity contribution in [2.24, 2.45) is 11.7 Å². The maximum atomic E-state index is 12.7. The molecule has 4 nitrogen and oxygen atoms in total. The fourth-order valence-corrected chi connectivity index (χ4v) is 4.46. The first-order valence-electron chi connectivity index (χ1n) is 6.77. The Balaban J connectivity index is 3.25. The van der Waals surface area contributed by atoms with Crippen LogP contribution in [0.5, 0.6) is 0 Å². The number of rotatable bonds is 6. The predicted molar refractivity (Wildman–Crippen MR) is 88.2 cm³/mol. The van der Waals surface area contributed by atoms with E-state index in [0.29, 0.717) is 16.5 Å². The summed E-state index contributed by atoms with van der Waals surface area (Å²) in [6.07, 6.45) is 0.769. The Morgan fingerprint density at radius 1 is 1.24 bits per heavy atom. The minimum absolute atomic E-state index is 0.0483. The lowest BCUT2D eigenvalue weighted by Gasteiger charge is -2.26. The van der Waals surface area contributed by atoms with Crippen LogP contribution >= 0.6 is 23.2 Å². The van der Waals surface area contributed by atoms with Crippen LogP contribution in [0.1, 0.15) is 32.8 Å². The van der Waals surface area contributed by atoms with Gasteiger partial charge in [-0.3, -0.25) is 0 Å². The zero-order chi connectivity index (χ0) is 16.4. The first-order chi connectivity index (χ1) is 9.62. The normalized spacial score (nSPS) is 14.0. The topological polar surface area (TPSA) is 63.4 Å². The van der Waals surface area contributed by atoms with Gasteiger partial charge in [0.15, 0.2) is 0 Å². The Bertz CT molecular complexity index is 603. The third-order valence-corrected chi connectivity index (χ3v) is 6.36. The Hall–Kier alpha value is -0.330. The molecule has 120 valence electrons. The SMILES string of the molecule is CC(C)CC(C)N(C)S(=O)(=O)c1ccc(Cl)c(CN)c1Cl. The molecule has 0 saturated carbocycles. The average molecular weight is 353 g/mol. The molecule has 1 atom stereocenters. The van der Waals surface area contributed by atoms with E-state index in [1.165, 1.54) is 16.4 Å². The molecule has 0 aliphatic rings. The molecule has 0 aliphatic carbocycles. The van der Waals surface area contributed by atoms with Crippen molar-refractivity contribution in [3.63, 3.8) is 0 Å². The van der Waals surface area contributed by atoms with Crippen molar-refractivity contribution in [1.82, 2.24) is 4.31 Å². The van der Waals surface area contributed by atoms with Crippen LogP contribution in [0.4, 0.5) is 0 Å². The Morgan fingerprint density at radius 2 is 1.81 bits per heavy atom. The van der Waals surface area contributed by atoms with Gasteiger partial charge in [0.05, 0.1) is 5.02 Å². The van der Waals surface area contributed by atoms with E-state index in [9.17, 15) is 8.42 Å². The lowest BCUT2D eigenvalue weighted by atomic mass is 10.1. The van der Waals surface area contributed by atoms with Crippen LogP contribution in [-0.2, 0) is 16.6 Å². The van der Waals surface area contributed by atoms with Crippen LogP contribution in [-0.4, -0.2) is 25.8 Å². The van der Waals surface area contributed by atoms with Crippen molar-refractivity contribution in [2.75, 3.05) is 7.05 Å². The summed E-state index contributed by atoms with van der Waals surface area (Å²) >= 11 is 12.2. The second-order valence-corrected chi connectivity index (χ2v) is 8.29. The van der Waals surface area contributed by atoms with Crippen molar-refractivity contribution in [1.29, 1.82) is 0 Å². The molecular formula is C14H22Cl2N2O2S. The first kappa shape index (κ1) is 18.7. The molecule has 0 saturated heterocycles. The summed E-state index contributed by atoms with van der Waals surface area (Å²) in [6.45, 7) is 6.08. The number of hydrogen-bond acceptors (Lipinski definition) is 3. The Labute approximate surface area is 137 Å². The van der Waals surface area contributed by atoms with E-state index in [-0.39, 0.29) is 22.5 Å². The van der Waals surface area contributed by atoms with Gasteiger partial charge in [-0.15, -0.1) is 0 Å². The van der Waals surface area contributed by atoms with Crippen LogP contribution < -0.4 is 5.73 Å². The second kappa shape index (κ2) is 7.29. The van der Waals surface area contributed by atoms with Crippen molar-refractivity contribution >= 4 is 33.2 Å². The molecule has 2 N–H and O–H groups in total. The van der Waals surface area contributed by atoms with E-state index in [2.05, 4.69) is 13.8 Å². The standard InChI is InChI=1S/C14H22Cl2N2O2S/c1-9(2)7-10(3)18(4)21(19,20)13-6-5-12(15)11(8-17)14(13)16/h5-6,9-10H,7-8,17H2,1-4H3. The van der Waals surface area contributed by atoms with Crippen LogP contribution in [0.2, 0.25) is 10.0 Å². The van der Waals surface area contributed by atoms with Crippen molar-refractivity contribution in [3.8, 4) is 0 Å². The van der Waals surface area contributed by atoms with Gasteiger partial charge >= 0.3 is 0 Å². The van der Waals surface area contributed by atoms with Crippen LogP contribution in [0.15, 0.2) is 17.0 Å². The summed E-state index contributed by atoms with van der Waals surface area (Å²) in [7, 11) is -2.11.